The number of halogens is 1. The Morgan fingerprint density at radius 2 is 1.86 bits per heavy atom. The maximum Gasteiger partial charge on any atom is 0.251 e. The van der Waals surface area contributed by atoms with Gasteiger partial charge in [0.05, 0.1) is 6.04 Å². The fourth-order valence-corrected chi connectivity index (χ4v) is 2.33. The quantitative estimate of drug-likeness (QED) is 0.601. The van der Waals surface area contributed by atoms with E-state index in [2.05, 4.69) is 26.6 Å². The minimum Gasteiger partial charge on any atom is -0.353 e. The summed E-state index contributed by atoms with van der Waals surface area (Å²) in [6.07, 6.45) is 2.63. The Morgan fingerprint density at radius 1 is 1.24 bits per heavy atom. The lowest BCUT2D eigenvalue weighted by Crippen LogP contribution is -2.43. The van der Waals surface area contributed by atoms with Crippen molar-refractivity contribution in [3.8, 4) is 0 Å². The van der Waals surface area contributed by atoms with Crippen LogP contribution in [-0.2, 0) is 4.79 Å². The number of nitrogens with one attached hydrogen (secondary N) is 2. The predicted octanol–water partition coefficient (Wildman–Crippen LogP) is 1.38. The van der Waals surface area contributed by atoms with Crippen LogP contribution in [0.25, 0.3) is 0 Å². The molecule has 0 heterocycles. The third kappa shape index (κ3) is 6.97. The van der Waals surface area contributed by atoms with Crippen LogP contribution in [0.5, 0.6) is 0 Å². The first kappa shape index (κ1) is 18.0. The molecule has 0 saturated carbocycles. The van der Waals surface area contributed by atoms with Gasteiger partial charge < -0.3 is 16.4 Å². The van der Waals surface area contributed by atoms with Gasteiger partial charge in [-0.05, 0) is 42.7 Å². The lowest BCUT2D eigenvalue weighted by Gasteiger charge is -2.12. The molecular weight excluding hydrogens is 354 g/mol. The Balaban J connectivity index is 2.23. The molecule has 0 saturated heterocycles. The zero-order valence-corrected chi connectivity index (χ0v) is 14.3. The van der Waals surface area contributed by atoms with E-state index in [1.54, 1.807) is 36.0 Å². The maximum absolute atomic E-state index is 11.8. The van der Waals surface area contributed by atoms with Crippen molar-refractivity contribution >= 4 is 39.5 Å². The van der Waals surface area contributed by atoms with Crippen molar-refractivity contribution in [2.75, 3.05) is 25.1 Å². The summed E-state index contributed by atoms with van der Waals surface area (Å²) in [5.74, 6) is 0.514. The SMILES string of the molecule is CSCC[C@H](N)C(=O)NCCNC(=O)c1ccc(Br)cc1. The van der Waals surface area contributed by atoms with Crippen molar-refractivity contribution in [1.82, 2.24) is 10.6 Å². The van der Waals surface area contributed by atoms with E-state index in [0.717, 1.165) is 10.2 Å². The maximum atomic E-state index is 11.8. The standard InChI is InChI=1S/C14H20BrN3O2S/c1-21-9-6-12(16)14(20)18-8-7-17-13(19)10-2-4-11(15)5-3-10/h2-5,12H,6-9,16H2,1H3,(H,17,19)(H,18,20)/t12-/m0/s1. The molecule has 0 fully saturated rings. The van der Waals surface area contributed by atoms with Crippen LogP contribution in [0.4, 0.5) is 0 Å². The first-order valence-corrected chi connectivity index (χ1v) is 8.79. The summed E-state index contributed by atoms with van der Waals surface area (Å²) in [6, 6.07) is 6.59. The first-order valence-electron chi connectivity index (χ1n) is 6.60. The third-order valence-electron chi connectivity index (χ3n) is 2.79. The van der Waals surface area contributed by atoms with E-state index >= 15 is 0 Å². The average Bonchev–Trinajstić information content (AvgIpc) is 2.49. The van der Waals surface area contributed by atoms with E-state index in [-0.39, 0.29) is 11.8 Å². The number of hydrogen-bond donors (Lipinski definition) is 3. The molecular formula is C14H20BrN3O2S. The third-order valence-corrected chi connectivity index (χ3v) is 3.96. The second-order valence-electron chi connectivity index (χ2n) is 4.44. The molecule has 0 aliphatic rings. The number of hydrogen-bond acceptors (Lipinski definition) is 4. The molecule has 21 heavy (non-hydrogen) atoms. The second-order valence-corrected chi connectivity index (χ2v) is 6.34. The van der Waals surface area contributed by atoms with Gasteiger partial charge in [-0.1, -0.05) is 15.9 Å². The number of rotatable bonds is 8. The molecule has 1 aromatic carbocycles. The molecule has 5 nitrogen and oxygen atoms in total. The molecule has 0 radical (unpaired) electrons. The smallest absolute Gasteiger partial charge is 0.251 e. The fraction of sp³-hybridized carbons (Fsp3) is 0.429. The van der Waals surface area contributed by atoms with Gasteiger partial charge in [0.25, 0.3) is 5.91 Å². The molecule has 7 heteroatoms. The number of amides is 2. The minimum atomic E-state index is -0.486. The summed E-state index contributed by atoms with van der Waals surface area (Å²) < 4.78 is 0.922. The van der Waals surface area contributed by atoms with Gasteiger partial charge in [0.1, 0.15) is 0 Å². The van der Waals surface area contributed by atoms with Crippen LogP contribution in [0.15, 0.2) is 28.7 Å². The van der Waals surface area contributed by atoms with Crippen LogP contribution in [0.1, 0.15) is 16.8 Å². The summed E-state index contributed by atoms with van der Waals surface area (Å²) in [5.41, 5.74) is 6.32. The highest BCUT2D eigenvalue weighted by molar-refractivity contribution is 9.10. The molecule has 2 amide bonds. The molecule has 0 aliphatic carbocycles. The van der Waals surface area contributed by atoms with E-state index in [1.807, 2.05) is 6.26 Å². The van der Waals surface area contributed by atoms with E-state index in [9.17, 15) is 9.59 Å². The van der Waals surface area contributed by atoms with Crippen molar-refractivity contribution in [3.05, 3.63) is 34.3 Å². The number of carbonyl (C=O) groups excluding carboxylic acids is 2. The zero-order chi connectivity index (χ0) is 15.7. The highest BCUT2D eigenvalue weighted by atomic mass is 79.9. The van der Waals surface area contributed by atoms with Crippen molar-refractivity contribution in [2.24, 2.45) is 5.73 Å². The molecule has 0 spiro atoms. The number of thioether (sulfide) groups is 1. The van der Waals surface area contributed by atoms with Gasteiger partial charge in [0, 0.05) is 23.1 Å². The summed E-state index contributed by atoms with van der Waals surface area (Å²) in [5, 5.41) is 5.45. The highest BCUT2D eigenvalue weighted by Crippen LogP contribution is 2.10. The van der Waals surface area contributed by atoms with Crippen molar-refractivity contribution in [3.63, 3.8) is 0 Å². The van der Waals surface area contributed by atoms with Crippen LogP contribution in [0.3, 0.4) is 0 Å². The van der Waals surface area contributed by atoms with Gasteiger partial charge in [0.2, 0.25) is 5.91 Å². The number of carbonyl (C=O) groups is 2. The summed E-state index contributed by atoms with van der Waals surface area (Å²) in [4.78, 5) is 23.4. The molecule has 0 aliphatic heterocycles. The Hall–Kier alpha value is -1.05. The lowest BCUT2D eigenvalue weighted by molar-refractivity contribution is -0.122. The first-order chi connectivity index (χ1) is 10.0. The average molecular weight is 374 g/mol. The van der Waals surface area contributed by atoms with Gasteiger partial charge in [-0.25, -0.2) is 0 Å². The largest absolute Gasteiger partial charge is 0.353 e. The Bertz CT molecular complexity index is 468. The van der Waals surface area contributed by atoms with Crippen LogP contribution in [-0.4, -0.2) is 43.0 Å². The van der Waals surface area contributed by atoms with Crippen LogP contribution in [0, 0.1) is 0 Å². The highest BCUT2D eigenvalue weighted by Gasteiger charge is 2.12. The van der Waals surface area contributed by atoms with E-state index in [0.29, 0.717) is 25.1 Å². The summed E-state index contributed by atoms with van der Waals surface area (Å²) >= 11 is 4.97. The molecule has 0 aromatic heterocycles. The van der Waals surface area contributed by atoms with Gasteiger partial charge >= 0.3 is 0 Å². The van der Waals surface area contributed by atoms with E-state index < -0.39 is 6.04 Å². The topological polar surface area (TPSA) is 84.2 Å². The molecule has 4 N–H and O–H groups in total. The second kappa shape index (κ2) is 9.81. The van der Waals surface area contributed by atoms with Crippen molar-refractivity contribution in [2.45, 2.75) is 12.5 Å². The van der Waals surface area contributed by atoms with Gasteiger partial charge in [-0.3, -0.25) is 9.59 Å². The summed E-state index contributed by atoms with van der Waals surface area (Å²) in [7, 11) is 0. The summed E-state index contributed by atoms with van der Waals surface area (Å²) in [6.45, 7) is 0.740. The number of benzene rings is 1. The Morgan fingerprint density at radius 3 is 2.48 bits per heavy atom. The van der Waals surface area contributed by atoms with E-state index in [4.69, 9.17) is 5.73 Å². The fourth-order valence-electron chi connectivity index (χ4n) is 1.57. The Kier molecular flexibility index (Phi) is 8.41. The minimum absolute atomic E-state index is 0.163. The normalized spacial score (nSPS) is 11.8. The molecule has 1 aromatic rings. The van der Waals surface area contributed by atoms with Gasteiger partial charge in [-0.2, -0.15) is 11.8 Å². The van der Waals surface area contributed by atoms with Crippen LogP contribution < -0.4 is 16.4 Å². The molecule has 0 unspecified atom stereocenters. The Labute approximate surface area is 137 Å². The number of nitrogens with two attached hydrogens (primary N) is 1. The predicted molar refractivity (Wildman–Crippen MR) is 90.5 cm³/mol. The lowest BCUT2D eigenvalue weighted by atomic mass is 10.2. The molecule has 1 atom stereocenters. The van der Waals surface area contributed by atoms with Crippen LogP contribution in [0.2, 0.25) is 0 Å². The molecule has 116 valence electrons. The van der Waals surface area contributed by atoms with Gasteiger partial charge in [-0.15, -0.1) is 0 Å². The van der Waals surface area contributed by atoms with Gasteiger partial charge in [0.15, 0.2) is 0 Å². The molecule has 0 bridgehead atoms. The zero-order valence-electron chi connectivity index (χ0n) is 11.9. The van der Waals surface area contributed by atoms with E-state index in [1.165, 1.54) is 0 Å². The van der Waals surface area contributed by atoms with Crippen molar-refractivity contribution in [1.29, 1.82) is 0 Å². The monoisotopic (exact) mass is 373 g/mol. The van der Waals surface area contributed by atoms with Crippen LogP contribution >= 0.6 is 27.7 Å². The van der Waals surface area contributed by atoms with Crippen molar-refractivity contribution < 1.29 is 9.59 Å². The molecule has 1 rings (SSSR count).